The number of thioether (sulfide) groups is 1. The van der Waals surface area contributed by atoms with Crippen LogP contribution in [-0.2, 0) is 9.53 Å². The van der Waals surface area contributed by atoms with Crippen molar-refractivity contribution in [2.45, 2.75) is 17.7 Å². The second kappa shape index (κ2) is 9.07. The third kappa shape index (κ3) is 7.02. The van der Waals surface area contributed by atoms with Crippen molar-refractivity contribution in [3.05, 3.63) is 30.3 Å². The Hall–Kier alpha value is -1.00. The summed E-state index contributed by atoms with van der Waals surface area (Å²) >= 11 is 1.71. The first-order valence-corrected chi connectivity index (χ1v) is 6.75. The summed E-state index contributed by atoms with van der Waals surface area (Å²) in [4.78, 5) is 12.6. The summed E-state index contributed by atoms with van der Waals surface area (Å²) in [6.07, 6.45) is 1.43. The molecule has 3 nitrogen and oxygen atoms in total. The van der Waals surface area contributed by atoms with E-state index < -0.39 is 0 Å². The van der Waals surface area contributed by atoms with Crippen LogP contribution in [0, 0.1) is 0 Å². The highest BCUT2D eigenvalue weighted by Crippen LogP contribution is 2.17. The number of carbonyl (C=O) groups excluding carboxylic acids is 1. The molecule has 1 amide bonds. The molecule has 4 heteroatoms. The molecule has 0 radical (unpaired) electrons. The third-order valence-electron chi connectivity index (χ3n) is 2.19. The van der Waals surface area contributed by atoms with Gasteiger partial charge in [-0.1, -0.05) is 18.2 Å². The van der Waals surface area contributed by atoms with Gasteiger partial charge >= 0.3 is 0 Å². The van der Waals surface area contributed by atoms with Crippen LogP contribution in [-0.4, -0.2) is 31.9 Å². The van der Waals surface area contributed by atoms with Gasteiger partial charge in [-0.3, -0.25) is 4.79 Å². The van der Waals surface area contributed by atoms with Gasteiger partial charge in [-0.25, -0.2) is 0 Å². The molecule has 0 fully saturated rings. The van der Waals surface area contributed by atoms with Gasteiger partial charge in [-0.15, -0.1) is 11.8 Å². The minimum atomic E-state index is 0.115. The van der Waals surface area contributed by atoms with E-state index in [0.29, 0.717) is 19.6 Å². The van der Waals surface area contributed by atoms with Crippen molar-refractivity contribution < 1.29 is 9.53 Å². The average Bonchev–Trinajstić information content (AvgIpc) is 2.36. The van der Waals surface area contributed by atoms with E-state index in [1.54, 1.807) is 18.9 Å². The number of methoxy groups -OCH3 is 1. The van der Waals surface area contributed by atoms with E-state index in [2.05, 4.69) is 17.4 Å². The smallest absolute Gasteiger partial charge is 0.220 e. The minimum Gasteiger partial charge on any atom is -0.385 e. The molecule has 0 saturated carbocycles. The number of benzene rings is 1. The van der Waals surface area contributed by atoms with Crippen LogP contribution in [0.3, 0.4) is 0 Å². The molecular formula is C13H19NO2S. The van der Waals surface area contributed by atoms with E-state index in [1.165, 1.54) is 4.90 Å². The van der Waals surface area contributed by atoms with E-state index in [4.69, 9.17) is 4.74 Å². The van der Waals surface area contributed by atoms with Crippen LogP contribution in [0.25, 0.3) is 0 Å². The van der Waals surface area contributed by atoms with Crippen molar-refractivity contribution >= 4 is 17.7 Å². The van der Waals surface area contributed by atoms with Gasteiger partial charge in [-0.2, -0.15) is 0 Å². The Morgan fingerprint density at radius 3 is 2.82 bits per heavy atom. The van der Waals surface area contributed by atoms with E-state index >= 15 is 0 Å². The normalized spacial score (nSPS) is 10.2. The Morgan fingerprint density at radius 1 is 1.35 bits per heavy atom. The molecular weight excluding hydrogens is 234 g/mol. The molecule has 17 heavy (non-hydrogen) atoms. The highest BCUT2D eigenvalue weighted by molar-refractivity contribution is 7.99. The molecule has 0 aliphatic rings. The molecule has 0 aliphatic heterocycles. The zero-order chi connectivity index (χ0) is 12.3. The molecule has 0 spiro atoms. The van der Waals surface area contributed by atoms with Crippen LogP contribution in [0.4, 0.5) is 0 Å². The zero-order valence-electron chi connectivity index (χ0n) is 10.1. The van der Waals surface area contributed by atoms with Crippen molar-refractivity contribution in [3.63, 3.8) is 0 Å². The van der Waals surface area contributed by atoms with Crippen LogP contribution in [0.1, 0.15) is 12.8 Å². The first kappa shape index (κ1) is 14.1. The number of carbonyl (C=O) groups is 1. The van der Waals surface area contributed by atoms with Crippen LogP contribution in [0.15, 0.2) is 35.2 Å². The zero-order valence-corrected chi connectivity index (χ0v) is 11.0. The second-order valence-corrected chi connectivity index (χ2v) is 4.78. The maximum absolute atomic E-state index is 11.4. The molecule has 1 rings (SSSR count). The van der Waals surface area contributed by atoms with Crippen LogP contribution >= 0.6 is 11.8 Å². The second-order valence-electron chi connectivity index (χ2n) is 3.61. The van der Waals surface area contributed by atoms with E-state index in [0.717, 1.165) is 12.2 Å². The summed E-state index contributed by atoms with van der Waals surface area (Å²) in [6, 6.07) is 10.1. The summed E-state index contributed by atoms with van der Waals surface area (Å²) in [7, 11) is 1.67. The van der Waals surface area contributed by atoms with Crippen molar-refractivity contribution in [2.24, 2.45) is 0 Å². The lowest BCUT2D eigenvalue weighted by Gasteiger charge is -2.04. The Morgan fingerprint density at radius 2 is 2.12 bits per heavy atom. The lowest BCUT2D eigenvalue weighted by Crippen LogP contribution is -2.25. The topological polar surface area (TPSA) is 38.3 Å². The van der Waals surface area contributed by atoms with Gasteiger partial charge in [0.1, 0.15) is 0 Å². The number of ether oxygens (including phenoxy) is 1. The standard InChI is InChI=1S/C13H19NO2S/c1-16-10-5-9-14-13(15)8-11-17-12-6-3-2-4-7-12/h2-4,6-7H,5,8-11H2,1H3,(H,14,15). The molecule has 0 heterocycles. The number of nitrogens with one attached hydrogen (secondary N) is 1. The van der Waals surface area contributed by atoms with Gasteiger partial charge in [0.15, 0.2) is 0 Å². The summed E-state index contributed by atoms with van der Waals surface area (Å²) in [5.74, 6) is 0.935. The van der Waals surface area contributed by atoms with Gasteiger partial charge in [-0.05, 0) is 18.6 Å². The summed E-state index contributed by atoms with van der Waals surface area (Å²) in [5.41, 5.74) is 0. The molecule has 0 bridgehead atoms. The first-order chi connectivity index (χ1) is 8.33. The van der Waals surface area contributed by atoms with E-state index in [1.807, 2.05) is 18.2 Å². The quantitative estimate of drug-likeness (QED) is 0.571. The Balaban J connectivity index is 2.04. The molecule has 1 aromatic carbocycles. The van der Waals surface area contributed by atoms with Gasteiger partial charge in [0.05, 0.1) is 0 Å². The van der Waals surface area contributed by atoms with Gasteiger partial charge < -0.3 is 10.1 Å². The average molecular weight is 253 g/mol. The van der Waals surface area contributed by atoms with Crippen molar-refractivity contribution in [3.8, 4) is 0 Å². The van der Waals surface area contributed by atoms with Gasteiger partial charge in [0, 0.05) is 37.3 Å². The summed E-state index contributed by atoms with van der Waals surface area (Å²) in [5, 5.41) is 2.87. The van der Waals surface area contributed by atoms with E-state index in [-0.39, 0.29) is 5.91 Å². The summed E-state index contributed by atoms with van der Waals surface area (Å²) < 4.78 is 4.91. The molecule has 0 atom stereocenters. The highest BCUT2D eigenvalue weighted by atomic mass is 32.2. The minimum absolute atomic E-state index is 0.115. The number of hydrogen-bond donors (Lipinski definition) is 1. The number of hydrogen-bond acceptors (Lipinski definition) is 3. The fraction of sp³-hybridized carbons (Fsp3) is 0.462. The molecule has 0 aromatic heterocycles. The first-order valence-electron chi connectivity index (χ1n) is 5.76. The predicted molar refractivity (Wildman–Crippen MR) is 71.3 cm³/mol. The maximum atomic E-state index is 11.4. The number of rotatable bonds is 8. The molecule has 94 valence electrons. The van der Waals surface area contributed by atoms with Crippen LogP contribution < -0.4 is 5.32 Å². The molecule has 0 aliphatic carbocycles. The Labute approximate surface area is 107 Å². The molecule has 1 aromatic rings. The lowest BCUT2D eigenvalue weighted by molar-refractivity contribution is -0.120. The highest BCUT2D eigenvalue weighted by Gasteiger charge is 2.00. The molecule has 1 N–H and O–H groups in total. The van der Waals surface area contributed by atoms with Crippen LogP contribution in [0.5, 0.6) is 0 Å². The van der Waals surface area contributed by atoms with Crippen molar-refractivity contribution in [1.82, 2.24) is 5.32 Å². The molecule has 0 unspecified atom stereocenters. The van der Waals surface area contributed by atoms with Crippen molar-refractivity contribution in [1.29, 1.82) is 0 Å². The fourth-order valence-electron chi connectivity index (χ4n) is 1.31. The van der Waals surface area contributed by atoms with Gasteiger partial charge in [0.2, 0.25) is 5.91 Å². The Bertz CT molecular complexity index is 316. The predicted octanol–water partition coefficient (Wildman–Crippen LogP) is 2.32. The van der Waals surface area contributed by atoms with Crippen LogP contribution in [0.2, 0.25) is 0 Å². The lowest BCUT2D eigenvalue weighted by atomic mass is 10.4. The Kier molecular flexibility index (Phi) is 7.51. The number of amides is 1. The van der Waals surface area contributed by atoms with Gasteiger partial charge in [0.25, 0.3) is 0 Å². The van der Waals surface area contributed by atoms with Crippen molar-refractivity contribution in [2.75, 3.05) is 26.0 Å². The molecule has 0 saturated heterocycles. The van der Waals surface area contributed by atoms with E-state index in [9.17, 15) is 4.79 Å². The SMILES string of the molecule is COCCCNC(=O)CCSc1ccccc1. The summed E-state index contributed by atoms with van der Waals surface area (Å²) in [6.45, 7) is 1.39. The third-order valence-corrected chi connectivity index (χ3v) is 3.20. The maximum Gasteiger partial charge on any atom is 0.220 e. The monoisotopic (exact) mass is 253 g/mol. The largest absolute Gasteiger partial charge is 0.385 e. The fourth-order valence-corrected chi connectivity index (χ4v) is 2.18.